The summed E-state index contributed by atoms with van der Waals surface area (Å²) in [6, 6.07) is 3.56. The second kappa shape index (κ2) is 5.70. The van der Waals surface area contributed by atoms with Gasteiger partial charge in [0.1, 0.15) is 5.69 Å². The van der Waals surface area contributed by atoms with Gasteiger partial charge in [-0.15, -0.1) is 0 Å². The molecular weight excluding hydrogens is 307 g/mol. The van der Waals surface area contributed by atoms with Crippen LogP contribution in [0.3, 0.4) is 0 Å². The molecule has 1 heterocycles. The van der Waals surface area contributed by atoms with Crippen LogP contribution in [0.15, 0.2) is 30.5 Å². The number of hydrogen-bond acceptors (Lipinski definition) is 2. The Balaban J connectivity index is 2.19. The molecule has 0 fully saturated rings. The fourth-order valence-electron chi connectivity index (χ4n) is 1.69. The van der Waals surface area contributed by atoms with Crippen molar-refractivity contribution in [3.63, 3.8) is 0 Å². The van der Waals surface area contributed by atoms with Crippen LogP contribution in [0.25, 0.3) is 0 Å². The minimum atomic E-state index is -4.56. The van der Waals surface area contributed by atoms with Crippen LogP contribution in [0, 0.1) is 18.6 Å². The number of carbonyl (C=O) groups is 1. The third-order valence-corrected chi connectivity index (χ3v) is 2.79. The molecule has 0 bridgehead atoms. The number of pyridine rings is 1. The molecule has 1 aromatic heterocycles. The van der Waals surface area contributed by atoms with Crippen LogP contribution in [0.4, 0.5) is 27.6 Å². The highest BCUT2D eigenvalue weighted by Gasteiger charge is 2.30. The number of benzene rings is 1. The van der Waals surface area contributed by atoms with Crippen molar-refractivity contribution in [2.45, 2.75) is 13.1 Å². The van der Waals surface area contributed by atoms with Crippen molar-refractivity contribution in [2.75, 3.05) is 5.32 Å². The molecule has 2 aromatic rings. The Morgan fingerprint density at radius 1 is 1.18 bits per heavy atom. The van der Waals surface area contributed by atoms with Gasteiger partial charge >= 0.3 is 6.18 Å². The summed E-state index contributed by atoms with van der Waals surface area (Å²) in [6.07, 6.45) is -4.04. The maximum atomic E-state index is 13.2. The molecule has 0 atom stereocenters. The number of nitrogens with zero attached hydrogens (tertiary/aromatic N) is 1. The predicted octanol–water partition coefficient (Wildman–Crippen LogP) is 3.94. The maximum Gasteiger partial charge on any atom is 0.417 e. The molecule has 22 heavy (non-hydrogen) atoms. The van der Waals surface area contributed by atoms with E-state index in [1.54, 1.807) is 0 Å². The molecule has 3 nitrogen and oxygen atoms in total. The summed E-state index contributed by atoms with van der Waals surface area (Å²) in [7, 11) is 0. The van der Waals surface area contributed by atoms with Gasteiger partial charge in [-0.2, -0.15) is 13.2 Å². The highest BCUT2D eigenvalue weighted by atomic mass is 19.4. The van der Waals surface area contributed by atoms with Crippen molar-refractivity contribution in [3.05, 3.63) is 58.9 Å². The molecule has 1 amide bonds. The van der Waals surface area contributed by atoms with Crippen molar-refractivity contribution in [1.29, 1.82) is 0 Å². The van der Waals surface area contributed by atoms with Gasteiger partial charge < -0.3 is 5.32 Å². The first-order chi connectivity index (χ1) is 10.2. The fourth-order valence-corrected chi connectivity index (χ4v) is 1.69. The number of rotatable bonds is 2. The van der Waals surface area contributed by atoms with Gasteiger partial charge in [0.05, 0.1) is 5.56 Å². The van der Waals surface area contributed by atoms with E-state index >= 15 is 0 Å². The summed E-state index contributed by atoms with van der Waals surface area (Å²) >= 11 is 0. The molecule has 0 unspecified atom stereocenters. The summed E-state index contributed by atoms with van der Waals surface area (Å²) in [5, 5.41) is 2.24. The molecule has 1 N–H and O–H groups in total. The SMILES string of the molecule is Cc1cc(NC(=O)c2ccc(C(F)(F)F)cn2)cc(F)c1F. The monoisotopic (exact) mass is 316 g/mol. The Morgan fingerprint density at radius 2 is 1.86 bits per heavy atom. The third kappa shape index (κ3) is 3.38. The lowest BCUT2D eigenvalue weighted by Crippen LogP contribution is -2.15. The minimum Gasteiger partial charge on any atom is -0.321 e. The van der Waals surface area contributed by atoms with E-state index < -0.39 is 29.3 Å². The topological polar surface area (TPSA) is 42.0 Å². The number of aryl methyl sites for hydroxylation is 1. The van der Waals surface area contributed by atoms with Gasteiger partial charge in [-0.3, -0.25) is 9.78 Å². The normalized spacial score (nSPS) is 11.4. The fraction of sp³-hybridized carbons (Fsp3) is 0.143. The number of hydrogen-bond donors (Lipinski definition) is 1. The van der Waals surface area contributed by atoms with Crippen LogP contribution < -0.4 is 5.32 Å². The summed E-state index contributed by atoms with van der Waals surface area (Å²) in [6.45, 7) is 1.31. The third-order valence-electron chi connectivity index (χ3n) is 2.79. The molecular formula is C14H9F5N2O. The lowest BCUT2D eigenvalue weighted by atomic mass is 10.2. The van der Waals surface area contributed by atoms with Gasteiger partial charge in [-0.05, 0) is 30.7 Å². The smallest absolute Gasteiger partial charge is 0.321 e. The molecule has 116 valence electrons. The lowest BCUT2D eigenvalue weighted by molar-refractivity contribution is -0.137. The number of alkyl halides is 3. The van der Waals surface area contributed by atoms with Crippen LogP contribution in [0.2, 0.25) is 0 Å². The minimum absolute atomic E-state index is 0.0179. The molecule has 0 aliphatic rings. The molecule has 0 aliphatic carbocycles. The first kappa shape index (κ1) is 15.9. The van der Waals surface area contributed by atoms with Gasteiger partial charge in [-0.25, -0.2) is 8.78 Å². The van der Waals surface area contributed by atoms with Crippen molar-refractivity contribution in [2.24, 2.45) is 0 Å². The van der Waals surface area contributed by atoms with Crippen molar-refractivity contribution in [1.82, 2.24) is 4.98 Å². The van der Waals surface area contributed by atoms with Crippen molar-refractivity contribution >= 4 is 11.6 Å². The number of amides is 1. The van der Waals surface area contributed by atoms with Crippen LogP contribution in [-0.2, 0) is 6.18 Å². The van der Waals surface area contributed by atoms with E-state index in [9.17, 15) is 26.7 Å². The second-order valence-corrected chi connectivity index (χ2v) is 4.47. The average Bonchev–Trinajstić information content (AvgIpc) is 2.44. The van der Waals surface area contributed by atoms with E-state index in [4.69, 9.17) is 0 Å². The zero-order valence-corrected chi connectivity index (χ0v) is 11.1. The number of anilines is 1. The summed E-state index contributed by atoms with van der Waals surface area (Å²) in [5.74, 6) is -3.01. The Labute approximate surface area is 121 Å². The number of halogens is 5. The summed E-state index contributed by atoms with van der Waals surface area (Å²) in [5.41, 5.74) is -1.32. The Hall–Kier alpha value is -2.51. The molecule has 0 spiro atoms. The molecule has 0 radical (unpaired) electrons. The number of nitrogens with one attached hydrogen (secondary N) is 1. The van der Waals surface area contributed by atoms with Crippen molar-refractivity contribution < 1.29 is 26.7 Å². The Morgan fingerprint density at radius 3 is 2.36 bits per heavy atom. The zero-order chi connectivity index (χ0) is 16.5. The summed E-state index contributed by atoms with van der Waals surface area (Å²) < 4.78 is 63.5. The van der Waals surface area contributed by atoms with Crippen LogP contribution in [0.5, 0.6) is 0 Å². The molecule has 2 rings (SSSR count). The molecule has 0 saturated heterocycles. The van der Waals surface area contributed by atoms with Gasteiger partial charge in [0.2, 0.25) is 0 Å². The zero-order valence-electron chi connectivity index (χ0n) is 11.1. The highest BCUT2D eigenvalue weighted by molar-refractivity contribution is 6.02. The van der Waals surface area contributed by atoms with Gasteiger partial charge in [0.25, 0.3) is 5.91 Å². The standard InChI is InChI=1S/C14H9F5N2O/c1-7-4-9(5-10(15)12(7)16)21-13(22)11-3-2-8(6-20-11)14(17,18)19/h2-6H,1H3,(H,21,22). The number of aromatic nitrogens is 1. The van der Waals surface area contributed by atoms with E-state index in [0.29, 0.717) is 12.3 Å². The first-order valence-electron chi connectivity index (χ1n) is 5.98. The van der Waals surface area contributed by atoms with E-state index in [0.717, 1.165) is 12.1 Å². The summed E-state index contributed by atoms with van der Waals surface area (Å²) in [4.78, 5) is 15.2. The van der Waals surface area contributed by atoms with Crippen LogP contribution in [-0.4, -0.2) is 10.9 Å². The molecule has 1 aromatic carbocycles. The molecule has 8 heteroatoms. The van der Waals surface area contributed by atoms with E-state index in [1.165, 1.54) is 13.0 Å². The lowest BCUT2D eigenvalue weighted by Gasteiger charge is -2.09. The van der Waals surface area contributed by atoms with E-state index in [2.05, 4.69) is 10.3 Å². The largest absolute Gasteiger partial charge is 0.417 e. The highest BCUT2D eigenvalue weighted by Crippen LogP contribution is 2.28. The first-order valence-corrected chi connectivity index (χ1v) is 5.98. The van der Waals surface area contributed by atoms with Crippen LogP contribution >= 0.6 is 0 Å². The maximum absolute atomic E-state index is 13.2. The van der Waals surface area contributed by atoms with Crippen LogP contribution in [0.1, 0.15) is 21.6 Å². The van der Waals surface area contributed by atoms with Crippen molar-refractivity contribution in [3.8, 4) is 0 Å². The van der Waals surface area contributed by atoms with Gasteiger partial charge in [-0.1, -0.05) is 0 Å². The molecule has 0 saturated carbocycles. The van der Waals surface area contributed by atoms with E-state index in [-0.39, 0.29) is 16.9 Å². The Kier molecular flexibility index (Phi) is 4.11. The average molecular weight is 316 g/mol. The predicted molar refractivity (Wildman–Crippen MR) is 68.3 cm³/mol. The number of carbonyl (C=O) groups excluding carboxylic acids is 1. The van der Waals surface area contributed by atoms with E-state index in [1.807, 2.05) is 0 Å². The Bertz CT molecular complexity index is 687. The molecule has 0 aliphatic heterocycles. The van der Waals surface area contributed by atoms with Gasteiger partial charge in [0, 0.05) is 18.0 Å². The second-order valence-electron chi connectivity index (χ2n) is 4.47. The van der Waals surface area contributed by atoms with Gasteiger partial charge in [0.15, 0.2) is 11.6 Å². The quantitative estimate of drug-likeness (QED) is 0.853.